The van der Waals surface area contributed by atoms with Crippen LogP contribution in [-0.4, -0.2) is 14.8 Å². The maximum atomic E-state index is 11.8. The first-order valence-electron chi connectivity index (χ1n) is 6.13. The van der Waals surface area contributed by atoms with Crippen LogP contribution in [0.25, 0.3) is 5.69 Å². The van der Waals surface area contributed by atoms with Crippen molar-refractivity contribution < 1.29 is 0 Å². The van der Waals surface area contributed by atoms with Gasteiger partial charge in [-0.2, -0.15) is 5.10 Å². The van der Waals surface area contributed by atoms with Crippen molar-refractivity contribution in [1.29, 1.82) is 0 Å². The second-order valence-electron chi connectivity index (χ2n) is 4.47. The lowest BCUT2D eigenvalue weighted by Crippen LogP contribution is -2.25. The zero-order chi connectivity index (χ0) is 13.1. The predicted molar refractivity (Wildman–Crippen MR) is 70.6 cm³/mol. The molecule has 0 bridgehead atoms. The van der Waals surface area contributed by atoms with E-state index in [0.29, 0.717) is 5.82 Å². The van der Waals surface area contributed by atoms with Crippen LogP contribution in [0.2, 0.25) is 0 Å². The Kier molecular flexibility index (Phi) is 3.62. The molecule has 0 fully saturated rings. The Morgan fingerprint density at radius 1 is 1.39 bits per heavy atom. The fourth-order valence-electron chi connectivity index (χ4n) is 1.87. The Hall–Kier alpha value is -1.88. The van der Waals surface area contributed by atoms with Gasteiger partial charge in [-0.15, -0.1) is 0 Å². The van der Waals surface area contributed by atoms with E-state index in [2.05, 4.69) is 24.0 Å². The fraction of sp³-hybridized carbons (Fsp3) is 0.385. The molecule has 96 valence electrons. The van der Waals surface area contributed by atoms with Gasteiger partial charge in [-0.05, 0) is 18.1 Å². The summed E-state index contributed by atoms with van der Waals surface area (Å²) in [4.78, 5) is 11.8. The van der Waals surface area contributed by atoms with Gasteiger partial charge < -0.3 is 5.73 Å². The molecule has 1 aromatic carbocycles. The number of hydrogen-bond donors (Lipinski definition) is 2. The summed E-state index contributed by atoms with van der Waals surface area (Å²) in [7, 11) is 0. The number of nitrogens with two attached hydrogens (primary N) is 1. The first-order valence-corrected chi connectivity index (χ1v) is 6.13. The minimum absolute atomic E-state index is 0.255. The molecular formula is C13H18N4O. The molecule has 0 unspecified atom stereocenters. The van der Waals surface area contributed by atoms with Gasteiger partial charge in [0, 0.05) is 0 Å². The summed E-state index contributed by atoms with van der Waals surface area (Å²) in [5.41, 5.74) is 6.69. The maximum absolute atomic E-state index is 11.8. The molecule has 2 aromatic rings. The van der Waals surface area contributed by atoms with Crippen LogP contribution in [0.4, 0.5) is 0 Å². The van der Waals surface area contributed by atoms with E-state index in [1.165, 1.54) is 4.57 Å². The van der Waals surface area contributed by atoms with Gasteiger partial charge >= 0.3 is 5.69 Å². The monoisotopic (exact) mass is 246 g/mol. The zero-order valence-corrected chi connectivity index (χ0v) is 10.6. The van der Waals surface area contributed by atoms with Gasteiger partial charge in [-0.3, -0.25) is 0 Å². The van der Waals surface area contributed by atoms with Crippen LogP contribution in [0.1, 0.15) is 32.1 Å². The molecule has 2 atom stereocenters. The maximum Gasteiger partial charge on any atom is 0.347 e. The third kappa shape index (κ3) is 2.22. The number of hydrogen-bond acceptors (Lipinski definition) is 3. The van der Waals surface area contributed by atoms with Crippen molar-refractivity contribution >= 4 is 0 Å². The van der Waals surface area contributed by atoms with Gasteiger partial charge in [0.1, 0.15) is 0 Å². The Labute approximate surface area is 106 Å². The molecule has 0 spiro atoms. The summed E-state index contributed by atoms with van der Waals surface area (Å²) in [5, 5.41) is 6.53. The largest absolute Gasteiger partial charge is 0.347 e. The molecule has 0 amide bonds. The molecular weight excluding hydrogens is 228 g/mol. The Morgan fingerprint density at radius 3 is 2.67 bits per heavy atom. The molecule has 1 heterocycles. The molecule has 0 aliphatic carbocycles. The highest BCUT2D eigenvalue weighted by Crippen LogP contribution is 2.20. The van der Waals surface area contributed by atoms with Crippen molar-refractivity contribution in [2.45, 2.75) is 26.3 Å². The molecule has 5 nitrogen and oxygen atoms in total. The number of aromatic nitrogens is 3. The van der Waals surface area contributed by atoms with Gasteiger partial charge in [0.05, 0.1) is 11.7 Å². The van der Waals surface area contributed by atoms with Crippen molar-refractivity contribution in [3.05, 3.63) is 46.6 Å². The van der Waals surface area contributed by atoms with Crippen molar-refractivity contribution in [3.63, 3.8) is 0 Å². The summed E-state index contributed by atoms with van der Waals surface area (Å²) in [5.74, 6) is 0.850. The van der Waals surface area contributed by atoms with Crippen LogP contribution in [-0.2, 0) is 0 Å². The van der Waals surface area contributed by atoms with Gasteiger partial charge in [-0.25, -0.2) is 14.5 Å². The molecule has 0 radical (unpaired) electrons. The number of H-pyrrole nitrogens is 1. The number of rotatable bonds is 4. The number of nitrogens with zero attached hydrogens (tertiary/aromatic N) is 2. The average Bonchev–Trinajstić information content (AvgIpc) is 2.79. The third-order valence-corrected chi connectivity index (χ3v) is 3.27. The summed E-state index contributed by atoms with van der Waals surface area (Å²) in [6.07, 6.45) is 0.941. The van der Waals surface area contributed by atoms with Crippen LogP contribution in [0.5, 0.6) is 0 Å². The van der Waals surface area contributed by atoms with E-state index in [1.54, 1.807) is 0 Å². The molecule has 1 aromatic heterocycles. The van der Waals surface area contributed by atoms with Gasteiger partial charge in [0.25, 0.3) is 0 Å². The number of aromatic amines is 1. The second-order valence-corrected chi connectivity index (χ2v) is 4.47. The minimum atomic E-state index is -0.255. The average molecular weight is 246 g/mol. The van der Waals surface area contributed by atoms with Gasteiger partial charge in [0.15, 0.2) is 5.82 Å². The van der Waals surface area contributed by atoms with E-state index in [9.17, 15) is 4.79 Å². The quantitative estimate of drug-likeness (QED) is 0.860. The van der Waals surface area contributed by atoms with E-state index in [0.717, 1.165) is 12.1 Å². The van der Waals surface area contributed by atoms with Crippen LogP contribution in [0, 0.1) is 5.92 Å². The van der Waals surface area contributed by atoms with Crippen LogP contribution < -0.4 is 11.4 Å². The molecule has 5 heteroatoms. The van der Waals surface area contributed by atoms with Crippen molar-refractivity contribution in [2.75, 3.05) is 0 Å². The highest BCUT2D eigenvalue weighted by molar-refractivity contribution is 5.32. The van der Waals surface area contributed by atoms with Crippen molar-refractivity contribution in [1.82, 2.24) is 14.8 Å². The molecule has 0 aliphatic heterocycles. The molecule has 2 rings (SSSR count). The summed E-state index contributed by atoms with van der Waals surface area (Å²) >= 11 is 0. The fourth-order valence-corrected chi connectivity index (χ4v) is 1.87. The van der Waals surface area contributed by atoms with Crippen molar-refractivity contribution in [2.24, 2.45) is 11.7 Å². The molecule has 0 saturated heterocycles. The number of nitrogens with one attached hydrogen (secondary N) is 1. The molecule has 3 N–H and O–H groups in total. The SMILES string of the molecule is CC[C@H](C)[C@H](N)c1n[nH]c(=O)n1-c1ccccc1. The Bertz CT molecular complexity index is 558. The van der Waals surface area contributed by atoms with Crippen LogP contribution in [0.15, 0.2) is 35.1 Å². The standard InChI is InChI=1S/C13H18N4O/c1-3-9(2)11(14)12-15-16-13(18)17(12)10-7-5-4-6-8-10/h4-9,11H,3,14H2,1-2H3,(H,16,18)/t9-,11-/m0/s1. The normalized spacial score (nSPS) is 14.4. The van der Waals surface area contributed by atoms with E-state index in [4.69, 9.17) is 5.73 Å². The summed E-state index contributed by atoms with van der Waals surface area (Å²) in [6, 6.07) is 9.14. The lowest BCUT2D eigenvalue weighted by atomic mass is 9.99. The van der Waals surface area contributed by atoms with Crippen molar-refractivity contribution in [3.8, 4) is 5.69 Å². The van der Waals surface area contributed by atoms with Gasteiger partial charge in [-0.1, -0.05) is 38.5 Å². The highest BCUT2D eigenvalue weighted by Gasteiger charge is 2.21. The number of benzene rings is 1. The molecule has 18 heavy (non-hydrogen) atoms. The van der Waals surface area contributed by atoms with Crippen LogP contribution in [0.3, 0.4) is 0 Å². The first kappa shape index (κ1) is 12.6. The minimum Gasteiger partial charge on any atom is -0.321 e. The topological polar surface area (TPSA) is 76.7 Å². The summed E-state index contributed by atoms with van der Waals surface area (Å²) in [6.45, 7) is 4.13. The molecule has 0 saturated carbocycles. The summed E-state index contributed by atoms with van der Waals surface area (Å²) < 4.78 is 1.54. The third-order valence-electron chi connectivity index (χ3n) is 3.27. The Morgan fingerprint density at radius 2 is 2.06 bits per heavy atom. The van der Waals surface area contributed by atoms with Gasteiger partial charge in [0.2, 0.25) is 0 Å². The highest BCUT2D eigenvalue weighted by atomic mass is 16.1. The molecule has 0 aliphatic rings. The lowest BCUT2D eigenvalue weighted by Gasteiger charge is -2.18. The van der Waals surface area contributed by atoms with Crippen LogP contribution >= 0.6 is 0 Å². The Balaban J connectivity index is 2.49. The van der Waals surface area contributed by atoms with E-state index >= 15 is 0 Å². The first-order chi connectivity index (χ1) is 8.65. The van der Waals surface area contributed by atoms with E-state index in [-0.39, 0.29) is 17.6 Å². The zero-order valence-electron chi connectivity index (χ0n) is 10.6. The smallest absolute Gasteiger partial charge is 0.321 e. The van der Waals surface area contributed by atoms with E-state index < -0.39 is 0 Å². The van der Waals surface area contributed by atoms with E-state index in [1.807, 2.05) is 30.3 Å². The lowest BCUT2D eigenvalue weighted by molar-refractivity contribution is 0.433. The number of para-hydroxylation sites is 1. The predicted octanol–water partition coefficient (Wildman–Crippen LogP) is 1.61. The second kappa shape index (κ2) is 5.18.